The molecule has 0 atom stereocenters. The number of nitrogens with one attached hydrogen (secondary N) is 2. The zero-order valence-corrected chi connectivity index (χ0v) is 11.2. The number of rotatable bonds is 3. The van der Waals surface area contributed by atoms with E-state index in [1.54, 1.807) is 35.0 Å². The highest BCUT2D eigenvalue weighted by molar-refractivity contribution is 14.1. The van der Waals surface area contributed by atoms with Crippen LogP contribution in [0.5, 0.6) is 0 Å². The summed E-state index contributed by atoms with van der Waals surface area (Å²) in [7, 11) is 0. The second kappa shape index (κ2) is 6.70. The average molecular weight is 353 g/mol. The van der Waals surface area contributed by atoms with Crippen LogP contribution in [0.2, 0.25) is 5.02 Å². The van der Waals surface area contributed by atoms with Crippen molar-refractivity contribution in [1.29, 1.82) is 0 Å². The lowest BCUT2D eigenvalue weighted by molar-refractivity contribution is -0.137. The van der Waals surface area contributed by atoms with Crippen LogP contribution in [0.1, 0.15) is 5.56 Å². The van der Waals surface area contributed by atoms with Gasteiger partial charge in [0.1, 0.15) is 0 Å². The fraction of sp³-hybridized carbons (Fsp3) is 0.200. The number of benzene rings is 1. The van der Waals surface area contributed by atoms with Crippen LogP contribution in [0, 0.1) is 0 Å². The third kappa shape index (κ3) is 4.36. The van der Waals surface area contributed by atoms with Gasteiger partial charge >= 0.3 is 11.8 Å². The summed E-state index contributed by atoms with van der Waals surface area (Å²) in [5.74, 6) is -1.26. The minimum Gasteiger partial charge on any atom is -0.347 e. The van der Waals surface area contributed by atoms with Crippen LogP contribution < -0.4 is 8.85 Å². The molecule has 0 saturated heterocycles. The van der Waals surface area contributed by atoms with Gasteiger partial charge in [0.25, 0.3) is 0 Å². The van der Waals surface area contributed by atoms with E-state index in [-0.39, 0.29) is 0 Å². The number of halogens is 2. The van der Waals surface area contributed by atoms with Crippen molar-refractivity contribution >= 4 is 46.3 Å². The molecule has 0 aliphatic heterocycles. The summed E-state index contributed by atoms with van der Waals surface area (Å²) in [4.78, 5) is 21.9. The van der Waals surface area contributed by atoms with Crippen LogP contribution in [0.4, 0.5) is 0 Å². The summed E-state index contributed by atoms with van der Waals surface area (Å²) in [5, 5.41) is 3.19. The lowest BCUT2D eigenvalue weighted by Crippen LogP contribution is -2.36. The van der Waals surface area contributed by atoms with E-state index in [2.05, 4.69) is 8.85 Å². The maximum atomic E-state index is 11.1. The smallest absolute Gasteiger partial charge is 0.317 e. The summed E-state index contributed by atoms with van der Waals surface area (Å²) in [5.41, 5.74) is 1.06. The fourth-order valence-electron chi connectivity index (χ4n) is 1.09. The first-order chi connectivity index (χ1) is 7.63. The molecule has 16 heavy (non-hydrogen) atoms. The predicted octanol–water partition coefficient (Wildman–Crippen LogP) is 1.46. The Balaban J connectivity index is 2.33. The average Bonchev–Trinajstić information content (AvgIpc) is 2.30. The number of carbonyl (C=O) groups is 2. The van der Waals surface area contributed by atoms with E-state index in [4.69, 9.17) is 11.6 Å². The van der Waals surface area contributed by atoms with E-state index < -0.39 is 11.8 Å². The molecule has 1 aromatic carbocycles. The molecule has 0 aliphatic carbocycles. The fourth-order valence-corrected chi connectivity index (χ4v) is 1.47. The first-order valence-electron chi connectivity index (χ1n) is 4.56. The predicted molar refractivity (Wildman–Crippen MR) is 70.3 cm³/mol. The van der Waals surface area contributed by atoms with Gasteiger partial charge in [0, 0.05) is 11.6 Å². The Kier molecular flexibility index (Phi) is 5.54. The third-order valence-corrected chi connectivity index (χ3v) is 2.65. The van der Waals surface area contributed by atoms with Crippen molar-refractivity contribution in [2.24, 2.45) is 0 Å². The highest BCUT2D eigenvalue weighted by atomic mass is 127. The molecule has 4 nitrogen and oxygen atoms in total. The number of carbonyl (C=O) groups excluding carboxylic acids is 2. The van der Waals surface area contributed by atoms with Crippen LogP contribution in [-0.2, 0) is 16.0 Å². The molecule has 0 aromatic heterocycles. The van der Waals surface area contributed by atoms with Gasteiger partial charge in [0.2, 0.25) is 0 Å². The second-order valence-electron chi connectivity index (χ2n) is 3.06. The Bertz CT molecular complexity index is 381. The minimum absolute atomic E-state index is 0.421. The van der Waals surface area contributed by atoms with E-state index in [1.165, 1.54) is 0 Å². The number of hydrogen-bond acceptors (Lipinski definition) is 2. The van der Waals surface area contributed by atoms with E-state index >= 15 is 0 Å². The minimum atomic E-state index is -0.642. The molecular weight excluding hydrogens is 342 g/mol. The molecule has 1 aromatic rings. The maximum absolute atomic E-state index is 11.1. The van der Waals surface area contributed by atoms with Gasteiger partial charge in [-0.15, -0.1) is 0 Å². The van der Waals surface area contributed by atoms with Crippen molar-refractivity contribution in [1.82, 2.24) is 8.85 Å². The lowest BCUT2D eigenvalue weighted by atomic mass is 10.1. The van der Waals surface area contributed by atoms with Gasteiger partial charge < -0.3 is 5.32 Å². The van der Waals surface area contributed by atoms with Crippen molar-refractivity contribution in [3.8, 4) is 0 Å². The Morgan fingerprint density at radius 1 is 1.19 bits per heavy atom. The van der Waals surface area contributed by atoms with Crippen molar-refractivity contribution in [2.45, 2.75) is 6.42 Å². The largest absolute Gasteiger partial charge is 0.347 e. The summed E-state index contributed by atoms with van der Waals surface area (Å²) in [6.45, 7) is 0.421. The molecule has 0 bridgehead atoms. The summed E-state index contributed by atoms with van der Waals surface area (Å²) < 4.78 is 2.22. The van der Waals surface area contributed by atoms with Crippen LogP contribution in [-0.4, -0.2) is 18.4 Å². The number of hydrogen-bond donors (Lipinski definition) is 2. The molecule has 2 N–H and O–H groups in total. The summed E-state index contributed by atoms with van der Waals surface area (Å²) in [6, 6.07) is 7.34. The zero-order chi connectivity index (χ0) is 12.0. The molecule has 1 rings (SSSR count). The molecule has 6 heteroatoms. The monoisotopic (exact) mass is 352 g/mol. The standard InChI is InChI=1S/C10H10ClIN2O2/c11-8-3-1-7(2-4-8)5-6-13-9(15)10(16)14-12/h1-4H,5-6H2,(H,13,15)(H,14,16). The van der Waals surface area contributed by atoms with E-state index in [9.17, 15) is 9.59 Å². The Morgan fingerprint density at radius 3 is 2.38 bits per heavy atom. The Morgan fingerprint density at radius 2 is 1.81 bits per heavy atom. The van der Waals surface area contributed by atoms with E-state index in [0.29, 0.717) is 18.0 Å². The van der Waals surface area contributed by atoms with E-state index in [1.807, 2.05) is 12.1 Å². The van der Waals surface area contributed by atoms with Crippen molar-refractivity contribution in [3.05, 3.63) is 34.9 Å². The van der Waals surface area contributed by atoms with Gasteiger partial charge in [0.05, 0.1) is 22.9 Å². The molecule has 0 unspecified atom stereocenters. The van der Waals surface area contributed by atoms with Crippen LogP contribution >= 0.6 is 34.5 Å². The van der Waals surface area contributed by atoms with Crippen molar-refractivity contribution in [2.75, 3.05) is 6.54 Å². The highest BCUT2D eigenvalue weighted by Gasteiger charge is 2.10. The first kappa shape index (κ1) is 13.2. The molecule has 0 aliphatic rings. The molecule has 86 valence electrons. The van der Waals surface area contributed by atoms with Gasteiger partial charge in [-0.05, 0) is 24.1 Å². The Labute approximate surface area is 112 Å². The molecular formula is C10H10ClIN2O2. The highest BCUT2D eigenvalue weighted by Crippen LogP contribution is 2.09. The molecule has 2 amide bonds. The molecule has 0 saturated carbocycles. The van der Waals surface area contributed by atoms with Crippen LogP contribution in [0.25, 0.3) is 0 Å². The van der Waals surface area contributed by atoms with Gasteiger partial charge in [0.15, 0.2) is 0 Å². The topological polar surface area (TPSA) is 58.2 Å². The van der Waals surface area contributed by atoms with Crippen molar-refractivity contribution in [3.63, 3.8) is 0 Å². The molecule has 0 radical (unpaired) electrons. The first-order valence-corrected chi connectivity index (χ1v) is 6.02. The lowest BCUT2D eigenvalue weighted by Gasteiger charge is -2.03. The Hall–Kier alpha value is -0.820. The van der Waals surface area contributed by atoms with Crippen LogP contribution in [0.3, 0.4) is 0 Å². The summed E-state index contributed by atoms with van der Waals surface area (Å²) >= 11 is 7.35. The van der Waals surface area contributed by atoms with E-state index in [0.717, 1.165) is 5.56 Å². The third-order valence-electron chi connectivity index (χ3n) is 1.90. The molecule has 0 heterocycles. The second-order valence-corrected chi connectivity index (χ2v) is 4.03. The quantitative estimate of drug-likeness (QED) is 0.492. The summed E-state index contributed by atoms with van der Waals surface area (Å²) in [6.07, 6.45) is 0.664. The van der Waals surface area contributed by atoms with Gasteiger partial charge in [-0.3, -0.25) is 13.1 Å². The van der Waals surface area contributed by atoms with Gasteiger partial charge in [-0.25, -0.2) is 0 Å². The molecule has 0 fully saturated rings. The van der Waals surface area contributed by atoms with Crippen molar-refractivity contribution < 1.29 is 9.59 Å². The van der Waals surface area contributed by atoms with Gasteiger partial charge in [-0.2, -0.15) is 0 Å². The zero-order valence-electron chi connectivity index (χ0n) is 8.30. The SMILES string of the molecule is O=C(NI)C(=O)NCCc1ccc(Cl)cc1. The maximum Gasteiger partial charge on any atom is 0.317 e. The van der Waals surface area contributed by atoms with Gasteiger partial charge in [-0.1, -0.05) is 23.7 Å². The molecule has 0 spiro atoms. The number of amides is 2. The normalized spacial score (nSPS) is 9.62. The van der Waals surface area contributed by atoms with Crippen LogP contribution in [0.15, 0.2) is 24.3 Å².